The van der Waals surface area contributed by atoms with Crippen LogP contribution in [0.15, 0.2) is 89.8 Å². The van der Waals surface area contributed by atoms with Crippen LogP contribution in [0, 0.1) is 12.8 Å². The van der Waals surface area contributed by atoms with Crippen LogP contribution in [-0.4, -0.2) is 39.9 Å². The molecule has 10 heteroatoms. The van der Waals surface area contributed by atoms with Gasteiger partial charge >= 0.3 is 6.09 Å². The van der Waals surface area contributed by atoms with Crippen LogP contribution in [0.2, 0.25) is 0 Å². The van der Waals surface area contributed by atoms with Gasteiger partial charge in [-0.25, -0.2) is 4.79 Å². The van der Waals surface area contributed by atoms with Gasteiger partial charge in [0.05, 0.1) is 18.8 Å². The minimum absolute atomic E-state index is 0.00143. The molecule has 0 saturated carbocycles. The Morgan fingerprint density at radius 1 is 1.07 bits per heavy atom. The third-order valence-corrected chi connectivity index (χ3v) is 9.33. The fourth-order valence-electron chi connectivity index (χ4n) is 4.93. The Balaban J connectivity index is 1.35. The number of carbonyl (C=O) groups is 1. The van der Waals surface area contributed by atoms with E-state index in [1.54, 1.807) is 23.1 Å². The summed E-state index contributed by atoms with van der Waals surface area (Å²) in [5, 5.41) is 21.7. The number of nitrogens with zero attached hydrogens (tertiary/aromatic N) is 2. The van der Waals surface area contributed by atoms with E-state index in [1.807, 2.05) is 79.7 Å². The second-order valence-corrected chi connectivity index (χ2v) is 12.7. The number of ether oxygens (including phenoxy) is 3. The van der Waals surface area contributed by atoms with Crippen molar-refractivity contribution in [2.45, 2.75) is 49.8 Å². The number of benzene rings is 3. The van der Waals surface area contributed by atoms with E-state index in [0.29, 0.717) is 12.3 Å². The van der Waals surface area contributed by atoms with Crippen molar-refractivity contribution in [1.29, 1.82) is 0 Å². The molecule has 4 aromatic rings. The third kappa shape index (κ3) is 7.90. The highest BCUT2D eigenvalue weighted by molar-refractivity contribution is 8.01. The molecule has 224 valence electrons. The summed E-state index contributed by atoms with van der Waals surface area (Å²) in [5.41, 5.74) is 5.82. The molecule has 4 atom stereocenters. The van der Waals surface area contributed by atoms with Gasteiger partial charge in [0.1, 0.15) is 11.6 Å². The minimum atomic E-state index is -0.564. The van der Waals surface area contributed by atoms with Crippen molar-refractivity contribution in [3.05, 3.63) is 113 Å². The number of thioether (sulfide) groups is 1. The second-order valence-electron chi connectivity index (χ2n) is 10.2. The maximum atomic E-state index is 12.0. The predicted molar refractivity (Wildman–Crippen MR) is 169 cm³/mol. The summed E-state index contributed by atoms with van der Waals surface area (Å²) in [6.07, 6.45) is 0.195. The summed E-state index contributed by atoms with van der Waals surface area (Å²) in [7, 11) is 0. The van der Waals surface area contributed by atoms with Crippen molar-refractivity contribution in [3.63, 3.8) is 0 Å². The molecule has 5 rings (SSSR count). The third-order valence-electron chi connectivity index (χ3n) is 7.27. The van der Waals surface area contributed by atoms with Crippen LogP contribution in [0.3, 0.4) is 0 Å². The number of alkyl carbamates (subject to hydrolysis) is 1. The van der Waals surface area contributed by atoms with Gasteiger partial charge in [-0.05, 0) is 34.7 Å². The molecule has 1 saturated heterocycles. The minimum Gasteiger partial charge on any atom is -0.445 e. The molecule has 1 amide bonds. The molecule has 43 heavy (non-hydrogen) atoms. The zero-order valence-electron chi connectivity index (χ0n) is 24.1. The Morgan fingerprint density at radius 2 is 1.81 bits per heavy atom. The lowest BCUT2D eigenvalue weighted by Gasteiger charge is -2.41. The molecule has 0 aliphatic carbocycles. The highest BCUT2D eigenvalue weighted by Crippen LogP contribution is 2.43. The van der Waals surface area contributed by atoms with Crippen LogP contribution >= 0.6 is 23.1 Å². The van der Waals surface area contributed by atoms with Crippen molar-refractivity contribution in [3.8, 4) is 11.1 Å². The predicted octanol–water partition coefficient (Wildman–Crippen LogP) is 7.00. The summed E-state index contributed by atoms with van der Waals surface area (Å²) in [6.45, 7) is 8.17. The number of nitrogens with one attached hydrogen (secondary N) is 1. The zero-order chi connectivity index (χ0) is 30.2. The van der Waals surface area contributed by atoms with Crippen molar-refractivity contribution in [2.75, 3.05) is 12.4 Å². The van der Waals surface area contributed by atoms with Crippen LogP contribution in [-0.2, 0) is 27.4 Å². The van der Waals surface area contributed by atoms with E-state index >= 15 is 0 Å². The Bertz CT molecular complexity index is 1510. The van der Waals surface area contributed by atoms with E-state index in [-0.39, 0.29) is 31.3 Å². The first kappa shape index (κ1) is 30.9. The number of amides is 1. The average Bonchev–Trinajstić information content (AvgIpc) is 3.47. The van der Waals surface area contributed by atoms with E-state index in [2.05, 4.69) is 29.0 Å². The van der Waals surface area contributed by atoms with E-state index in [4.69, 9.17) is 14.2 Å². The van der Waals surface area contributed by atoms with E-state index < -0.39 is 12.4 Å². The number of hydrogen-bond donors (Lipinski definition) is 2. The fraction of sp³-hybridized carbons (Fsp3) is 0.303. The lowest BCUT2D eigenvalue weighted by molar-refractivity contribution is -0.268. The van der Waals surface area contributed by atoms with Crippen molar-refractivity contribution >= 4 is 29.2 Å². The lowest BCUT2D eigenvalue weighted by Crippen LogP contribution is -2.38. The molecule has 1 fully saturated rings. The monoisotopic (exact) mass is 617 g/mol. The molecule has 0 radical (unpaired) electrons. The summed E-state index contributed by atoms with van der Waals surface area (Å²) in [4.78, 5) is 12.0. The Labute approximate surface area is 260 Å². The summed E-state index contributed by atoms with van der Waals surface area (Å²) < 4.78 is 19.2. The average molecular weight is 618 g/mol. The second kappa shape index (κ2) is 14.8. The molecular formula is C33H35N3O5S2. The van der Waals surface area contributed by atoms with Gasteiger partial charge in [-0.15, -0.1) is 10.2 Å². The maximum absolute atomic E-state index is 12.0. The molecule has 0 spiro atoms. The zero-order valence-corrected chi connectivity index (χ0v) is 25.8. The first-order valence-corrected chi connectivity index (χ1v) is 15.9. The molecule has 8 nitrogen and oxygen atoms in total. The van der Waals surface area contributed by atoms with Crippen molar-refractivity contribution in [2.24, 2.45) is 5.92 Å². The highest BCUT2D eigenvalue weighted by atomic mass is 32.2. The van der Waals surface area contributed by atoms with E-state index in [0.717, 1.165) is 42.7 Å². The molecule has 0 unspecified atom stereocenters. The first-order chi connectivity index (χ1) is 20.9. The number of aliphatic hydroxyl groups is 1. The van der Waals surface area contributed by atoms with Crippen molar-refractivity contribution < 1.29 is 24.1 Å². The highest BCUT2D eigenvalue weighted by Gasteiger charge is 2.38. The fourth-order valence-corrected chi connectivity index (χ4v) is 6.93. The van der Waals surface area contributed by atoms with E-state index in [9.17, 15) is 9.90 Å². The quantitative estimate of drug-likeness (QED) is 0.137. The Hall–Kier alpha value is -3.54. The molecule has 1 aromatic heterocycles. The van der Waals surface area contributed by atoms with Crippen LogP contribution in [0.1, 0.15) is 46.6 Å². The van der Waals surface area contributed by atoms with Crippen molar-refractivity contribution in [1.82, 2.24) is 15.5 Å². The SMILES string of the molecule is C=CCOC(=O)NCc1ccccc1-c1ccc([C@H]2O[C@@H](CSc3nnc(C)s3)[C@@H](C)[C@@H](c3ccc(CO)cc3)O2)cc1. The molecule has 2 N–H and O–H groups in total. The number of rotatable bonds is 11. The number of carbonyl (C=O) groups excluding carboxylic acids is 1. The first-order valence-electron chi connectivity index (χ1n) is 14.1. The molecule has 1 aliphatic rings. The molecule has 0 bridgehead atoms. The van der Waals surface area contributed by atoms with E-state index in [1.165, 1.54) is 6.08 Å². The number of hydrogen-bond acceptors (Lipinski definition) is 9. The number of aromatic nitrogens is 2. The standard InChI is InChI=1S/C33H35N3O5S2/c1-4-17-39-32(38)34-18-27-7-5-6-8-28(27)24-13-15-26(16-14-24)31-40-29(20-42-33-36-35-22(3)43-33)21(2)30(41-31)25-11-9-23(19-37)10-12-25/h4-16,21,29-31,37H,1,17-20H2,2-3H3,(H,34,38)/t21-,29+,30+,31+/m1/s1. The van der Waals surface area contributed by atoms with Gasteiger partial charge in [0.2, 0.25) is 0 Å². The van der Waals surface area contributed by atoms with Gasteiger partial charge in [0.15, 0.2) is 10.6 Å². The molecule has 1 aliphatic heterocycles. The smallest absolute Gasteiger partial charge is 0.407 e. The van der Waals surface area contributed by atoms with Gasteiger partial charge < -0.3 is 24.6 Å². The number of aliphatic hydroxyl groups excluding tert-OH is 1. The van der Waals surface area contributed by atoms with Crippen LogP contribution in [0.25, 0.3) is 11.1 Å². The van der Waals surface area contributed by atoms with Crippen LogP contribution in [0.4, 0.5) is 4.79 Å². The molecular weight excluding hydrogens is 583 g/mol. The summed E-state index contributed by atoms with van der Waals surface area (Å²) in [5.74, 6) is 0.795. The van der Waals surface area contributed by atoms with Gasteiger partial charge in [-0.3, -0.25) is 0 Å². The largest absolute Gasteiger partial charge is 0.445 e. The Morgan fingerprint density at radius 3 is 2.51 bits per heavy atom. The molecule has 3 aromatic carbocycles. The summed E-state index contributed by atoms with van der Waals surface area (Å²) >= 11 is 3.23. The van der Waals surface area contributed by atoms with Gasteiger partial charge in [0.25, 0.3) is 0 Å². The van der Waals surface area contributed by atoms with Crippen LogP contribution < -0.4 is 5.32 Å². The lowest BCUT2D eigenvalue weighted by atomic mass is 9.91. The van der Waals surface area contributed by atoms with Gasteiger partial charge in [-0.2, -0.15) is 0 Å². The Kier molecular flexibility index (Phi) is 10.6. The van der Waals surface area contributed by atoms with Gasteiger partial charge in [0, 0.05) is 23.8 Å². The maximum Gasteiger partial charge on any atom is 0.407 e. The topological polar surface area (TPSA) is 103 Å². The van der Waals surface area contributed by atoms with Crippen LogP contribution in [0.5, 0.6) is 0 Å². The van der Waals surface area contributed by atoms with Gasteiger partial charge in [-0.1, -0.05) is 115 Å². The number of aryl methyl sites for hydroxylation is 1. The summed E-state index contributed by atoms with van der Waals surface area (Å²) in [6, 6.07) is 24.0. The molecule has 2 heterocycles. The normalized spacial score (nSPS) is 20.0.